The summed E-state index contributed by atoms with van der Waals surface area (Å²) >= 11 is 0. The molecule has 53 heavy (non-hydrogen) atoms. The molecule has 10 rings (SSSR count). The molecule has 2 heterocycles. The summed E-state index contributed by atoms with van der Waals surface area (Å²) in [5.74, 6) is 0.413. The van der Waals surface area contributed by atoms with Crippen LogP contribution in [0.1, 0.15) is 64.5 Å². The summed E-state index contributed by atoms with van der Waals surface area (Å²) in [7, 11) is 0. The fourth-order valence-corrected chi connectivity index (χ4v) is 8.31. The Kier molecular flexibility index (Phi) is 9.46. The first kappa shape index (κ1) is 34.2. The molecule has 1 unspecified atom stereocenters. The first-order chi connectivity index (χ1) is 26.2. The van der Waals surface area contributed by atoms with Gasteiger partial charge in [0.1, 0.15) is 0 Å². The highest BCUT2D eigenvalue weighted by Crippen LogP contribution is 2.41. The lowest BCUT2D eigenvalue weighted by molar-refractivity contribution is 0.799. The molecule has 0 bridgehead atoms. The van der Waals surface area contributed by atoms with Crippen molar-refractivity contribution < 1.29 is 0 Å². The van der Waals surface area contributed by atoms with Crippen LogP contribution in [0.3, 0.4) is 0 Å². The van der Waals surface area contributed by atoms with E-state index in [1.54, 1.807) is 0 Å². The van der Waals surface area contributed by atoms with E-state index in [0.717, 1.165) is 41.4 Å². The number of rotatable bonds is 1. The summed E-state index contributed by atoms with van der Waals surface area (Å²) < 4.78 is 0. The number of hydrogen-bond acceptors (Lipinski definition) is 2. The van der Waals surface area contributed by atoms with E-state index < -0.39 is 0 Å². The van der Waals surface area contributed by atoms with E-state index in [4.69, 9.17) is 9.98 Å². The zero-order chi connectivity index (χ0) is 36.5. The predicted molar refractivity (Wildman–Crippen MR) is 229 cm³/mol. The van der Waals surface area contributed by atoms with Gasteiger partial charge in [-0.3, -0.25) is 0 Å². The number of fused-ring (bicyclic) bond motifs is 14. The van der Waals surface area contributed by atoms with Crippen LogP contribution >= 0.6 is 0 Å². The molecule has 2 aliphatic heterocycles. The zero-order valence-electron chi connectivity index (χ0n) is 31.4. The molecular formula is C51H46N2. The van der Waals surface area contributed by atoms with Crippen LogP contribution in [0.5, 0.6) is 0 Å². The van der Waals surface area contributed by atoms with Gasteiger partial charge in [-0.2, -0.15) is 0 Å². The van der Waals surface area contributed by atoms with Crippen LogP contribution in [0.25, 0.3) is 66.4 Å². The van der Waals surface area contributed by atoms with Crippen LogP contribution in [0.4, 0.5) is 11.4 Å². The van der Waals surface area contributed by atoms with Crippen molar-refractivity contribution in [3.05, 3.63) is 166 Å². The van der Waals surface area contributed by atoms with E-state index in [0.29, 0.717) is 5.92 Å². The molecule has 0 saturated carbocycles. The van der Waals surface area contributed by atoms with Gasteiger partial charge in [0.05, 0.1) is 22.1 Å². The topological polar surface area (TPSA) is 24.7 Å². The minimum absolute atomic E-state index is 0.413. The van der Waals surface area contributed by atoms with E-state index in [2.05, 4.69) is 153 Å². The van der Waals surface area contributed by atoms with Crippen LogP contribution in [0.15, 0.2) is 143 Å². The maximum atomic E-state index is 5.40. The Morgan fingerprint density at radius 1 is 0.509 bits per heavy atom. The Hall–Kier alpha value is -5.86. The average molecular weight is 687 g/mol. The van der Waals surface area contributed by atoms with Gasteiger partial charge in [-0.05, 0) is 109 Å². The summed E-state index contributed by atoms with van der Waals surface area (Å²) in [5, 5.41) is 14.6. The second kappa shape index (κ2) is 14.6. The molecule has 0 fully saturated rings. The molecule has 8 aromatic rings. The van der Waals surface area contributed by atoms with Gasteiger partial charge >= 0.3 is 0 Å². The smallest absolute Gasteiger partial charge is 0.0790 e. The predicted octanol–water partition coefficient (Wildman–Crippen LogP) is 11.9. The number of para-hydroxylation sites is 2. The molecule has 2 aliphatic rings. The molecule has 8 aromatic carbocycles. The molecule has 2 heteroatoms. The van der Waals surface area contributed by atoms with E-state index >= 15 is 0 Å². The number of hydrogen-bond donors (Lipinski definition) is 0. The number of aryl methyl sites for hydroxylation is 1. The van der Waals surface area contributed by atoms with Gasteiger partial charge < -0.3 is 0 Å². The van der Waals surface area contributed by atoms with Crippen molar-refractivity contribution in [2.45, 2.75) is 59.8 Å². The van der Waals surface area contributed by atoms with Crippen LogP contribution in [-0.4, -0.2) is 0 Å². The lowest BCUT2D eigenvalue weighted by atomic mass is 9.89. The van der Waals surface area contributed by atoms with Gasteiger partial charge in [-0.1, -0.05) is 156 Å². The van der Waals surface area contributed by atoms with E-state index in [9.17, 15) is 0 Å². The van der Waals surface area contributed by atoms with Crippen LogP contribution in [0, 0.1) is 0 Å². The Morgan fingerprint density at radius 2 is 1.11 bits per heavy atom. The second-order valence-corrected chi connectivity index (χ2v) is 13.6. The molecule has 0 radical (unpaired) electrons. The first-order valence-corrected chi connectivity index (χ1v) is 19.5. The van der Waals surface area contributed by atoms with Crippen molar-refractivity contribution in [1.82, 2.24) is 0 Å². The second-order valence-electron chi connectivity index (χ2n) is 13.6. The summed E-state index contributed by atoms with van der Waals surface area (Å²) in [5.41, 5.74) is 7.27. The highest BCUT2D eigenvalue weighted by atomic mass is 14.7. The normalized spacial score (nSPS) is 15.6. The Balaban J connectivity index is 0.000000969. The molecular weight excluding hydrogens is 641 g/mol. The van der Waals surface area contributed by atoms with Gasteiger partial charge in [-0.15, -0.1) is 0 Å². The van der Waals surface area contributed by atoms with Crippen molar-refractivity contribution in [2.24, 2.45) is 9.98 Å². The molecule has 0 aliphatic carbocycles. The SMILES string of the molecule is CC.CC.CC1C/C=c2/c(c3ccc(-c4ccc5c6c(c7ccccc7c5c4)N=c4cccc/c4=C\CC6)cc3c3ccccc23)=Nc2ccccc21. The molecule has 0 spiro atoms. The molecule has 0 amide bonds. The molecule has 1 atom stereocenters. The van der Waals surface area contributed by atoms with Crippen molar-refractivity contribution in [3.8, 4) is 11.1 Å². The van der Waals surface area contributed by atoms with Crippen LogP contribution < -0.4 is 21.2 Å². The van der Waals surface area contributed by atoms with E-state index in [1.807, 2.05) is 27.7 Å². The Labute approximate surface area is 312 Å². The van der Waals surface area contributed by atoms with Gasteiger partial charge in [0.15, 0.2) is 0 Å². The first-order valence-electron chi connectivity index (χ1n) is 19.5. The van der Waals surface area contributed by atoms with Gasteiger partial charge in [0, 0.05) is 16.0 Å². The van der Waals surface area contributed by atoms with Gasteiger partial charge in [0.25, 0.3) is 0 Å². The van der Waals surface area contributed by atoms with E-state index in [1.165, 1.54) is 75.8 Å². The monoisotopic (exact) mass is 686 g/mol. The molecule has 0 N–H and O–H groups in total. The number of benzene rings is 8. The third-order valence-electron chi connectivity index (χ3n) is 10.8. The summed E-state index contributed by atoms with van der Waals surface area (Å²) in [4.78, 5) is 10.7. The molecule has 0 aromatic heterocycles. The largest absolute Gasteiger partial charge is 0.247 e. The third kappa shape index (κ3) is 5.93. The minimum atomic E-state index is 0.413. The molecule has 260 valence electrons. The number of nitrogens with zero attached hydrogens (tertiary/aromatic N) is 2. The van der Waals surface area contributed by atoms with Crippen molar-refractivity contribution in [1.29, 1.82) is 0 Å². The quantitative estimate of drug-likeness (QED) is 0.154. The van der Waals surface area contributed by atoms with Crippen molar-refractivity contribution in [2.75, 3.05) is 0 Å². The van der Waals surface area contributed by atoms with Gasteiger partial charge in [0.2, 0.25) is 0 Å². The molecule has 0 saturated heterocycles. The highest BCUT2D eigenvalue weighted by Gasteiger charge is 2.17. The van der Waals surface area contributed by atoms with Crippen molar-refractivity contribution in [3.63, 3.8) is 0 Å². The average Bonchev–Trinajstić information content (AvgIpc) is 3.21. The van der Waals surface area contributed by atoms with Crippen LogP contribution in [0.2, 0.25) is 0 Å². The summed E-state index contributed by atoms with van der Waals surface area (Å²) in [6.07, 6.45) is 7.69. The standard InChI is InChI=1S/C47H34N2.2C2H6/c1-29-21-24-40-34-14-3-4-15-35(34)43-28-32(23-26-41(43)47(40)49-45-20-9-7-13-33(29)45)31-22-25-37-39-18-10-12-30-11-2-8-19-44(30)48-46(39)38-17-6-5-16-36(38)42(37)27-31;2*1-2/h2-9,11-17,19-20,22-29H,10,18,21H2,1H3;2*1-2H3/b30-12+,40-24+,48-44?,49-47?;;. The maximum Gasteiger partial charge on any atom is 0.0790 e. The zero-order valence-corrected chi connectivity index (χ0v) is 31.4. The Morgan fingerprint density at radius 3 is 1.89 bits per heavy atom. The maximum absolute atomic E-state index is 5.40. The lowest BCUT2D eigenvalue weighted by Gasteiger charge is -2.17. The van der Waals surface area contributed by atoms with Crippen molar-refractivity contribution >= 4 is 66.6 Å². The summed E-state index contributed by atoms with van der Waals surface area (Å²) in [6.45, 7) is 10.3. The minimum Gasteiger partial charge on any atom is -0.247 e. The van der Waals surface area contributed by atoms with E-state index in [-0.39, 0.29) is 0 Å². The van der Waals surface area contributed by atoms with Gasteiger partial charge in [-0.25, -0.2) is 9.98 Å². The Bertz CT molecular complexity index is 2930. The summed E-state index contributed by atoms with van der Waals surface area (Å²) in [6, 6.07) is 48.8. The fraction of sp³-hybridized carbons (Fsp3) is 0.176. The highest BCUT2D eigenvalue weighted by molar-refractivity contribution is 6.16. The molecule has 2 nitrogen and oxygen atoms in total. The fourth-order valence-electron chi connectivity index (χ4n) is 8.31. The third-order valence-corrected chi connectivity index (χ3v) is 10.8. The van der Waals surface area contributed by atoms with Crippen LogP contribution in [-0.2, 0) is 6.42 Å². The lowest BCUT2D eigenvalue weighted by Crippen LogP contribution is -2.28.